The van der Waals surface area contributed by atoms with Crippen molar-refractivity contribution in [2.75, 3.05) is 31.1 Å². The van der Waals surface area contributed by atoms with Gasteiger partial charge in [-0.05, 0) is 43.7 Å². The lowest BCUT2D eigenvalue weighted by molar-refractivity contribution is 0.270. The van der Waals surface area contributed by atoms with Crippen LogP contribution in [0.15, 0.2) is 29.3 Å². The first kappa shape index (κ1) is 18.4. The first-order chi connectivity index (χ1) is 10.6. The summed E-state index contributed by atoms with van der Waals surface area (Å²) in [5.74, 6) is 1.45. The number of hydrogen-bond acceptors (Lipinski definition) is 2. The van der Waals surface area contributed by atoms with Crippen LogP contribution in [0.4, 0.5) is 5.69 Å². The highest BCUT2D eigenvalue weighted by molar-refractivity contribution is 14.0. The van der Waals surface area contributed by atoms with Gasteiger partial charge in [-0.15, -0.1) is 24.0 Å². The molecule has 1 saturated heterocycles. The Morgan fingerprint density at radius 3 is 2.91 bits per heavy atom. The van der Waals surface area contributed by atoms with Gasteiger partial charge in [-0.3, -0.25) is 4.99 Å². The summed E-state index contributed by atoms with van der Waals surface area (Å²) in [4.78, 5) is 9.39. The Labute approximate surface area is 157 Å². The number of benzene rings is 1. The molecule has 2 heterocycles. The minimum Gasteiger partial charge on any atom is -0.370 e. The Kier molecular flexibility index (Phi) is 6.56. The lowest BCUT2D eigenvalue weighted by atomic mass is 10.0. The molecule has 2 unspecified atom stereocenters. The molecule has 2 atom stereocenters. The molecule has 2 aliphatic heterocycles. The molecule has 3 rings (SSSR count). The van der Waals surface area contributed by atoms with E-state index in [-0.39, 0.29) is 24.0 Å². The van der Waals surface area contributed by atoms with Crippen LogP contribution in [0.1, 0.15) is 32.3 Å². The van der Waals surface area contributed by atoms with Crippen LogP contribution in [-0.2, 0) is 6.42 Å². The van der Waals surface area contributed by atoms with Crippen molar-refractivity contribution >= 4 is 35.6 Å². The van der Waals surface area contributed by atoms with Crippen molar-refractivity contribution in [1.29, 1.82) is 0 Å². The van der Waals surface area contributed by atoms with Crippen LogP contribution in [-0.4, -0.2) is 43.1 Å². The van der Waals surface area contributed by atoms with Gasteiger partial charge in [0.15, 0.2) is 5.96 Å². The number of hydrogen-bond donors (Lipinski definition) is 1. The van der Waals surface area contributed by atoms with Crippen molar-refractivity contribution in [3.05, 3.63) is 29.8 Å². The van der Waals surface area contributed by atoms with Crippen molar-refractivity contribution in [1.82, 2.24) is 4.90 Å². The molecule has 1 aromatic carbocycles. The number of halogens is 1. The van der Waals surface area contributed by atoms with Gasteiger partial charge in [0, 0.05) is 31.4 Å². The smallest absolute Gasteiger partial charge is 0.191 e. The Hall–Kier alpha value is -0.980. The van der Waals surface area contributed by atoms with Crippen LogP contribution in [0.3, 0.4) is 0 Å². The average Bonchev–Trinajstić information content (AvgIpc) is 2.96. The fraction of sp³-hybridized carbons (Fsp3) is 0.611. The SMILES string of the molecule is CC1CCCN(C(N)=NCC(C)N2CCc3ccccc32)C1.I. The quantitative estimate of drug-likeness (QED) is 0.457. The molecule has 0 saturated carbocycles. The molecule has 0 bridgehead atoms. The average molecular weight is 428 g/mol. The van der Waals surface area contributed by atoms with Gasteiger partial charge in [0.2, 0.25) is 0 Å². The summed E-state index contributed by atoms with van der Waals surface area (Å²) in [6.45, 7) is 8.51. The fourth-order valence-electron chi connectivity index (χ4n) is 3.64. The third-order valence-electron chi connectivity index (χ3n) is 4.95. The lowest BCUT2D eigenvalue weighted by Gasteiger charge is -2.32. The molecule has 0 radical (unpaired) electrons. The zero-order chi connectivity index (χ0) is 15.5. The predicted octanol–water partition coefficient (Wildman–Crippen LogP) is 3.10. The van der Waals surface area contributed by atoms with E-state index in [4.69, 9.17) is 5.73 Å². The maximum atomic E-state index is 6.21. The molecule has 2 N–H and O–H groups in total. The Morgan fingerprint density at radius 2 is 2.13 bits per heavy atom. The van der Waals surface area contributed by atoms with Gasteiger partial charge in [0.05, 0.1) is 6.54 Å². The number of para-hydroxylation sites is 1. The molecule has 1 fully saturated rings. The van der Waals surface area contributed by atoms with Gasteiger partial charge in [-0.25, -0.2) is 0 Å². The molecule has 0 aromatic heterocycles. The molecule has 5 heteroatoms. The van der Waals surface area contributed by atoms with E-state index in [1.165, 1.54) is 24.1 Å². The van der Waals surface area contributed by atoms with E-state index in [1.807, 2.05) is 0 Å². The number of nitrogens with zero attached hydrogens (tertiary/aromatic N) is 3. The van der Waals surface area contributed by atoms with Crippen molar-refractivity contribution in [3.8, 4) is 0 Å². The molecule has 0 amide bonds. The summed E-state index contributed by atoms with van der Waals surface area (Å²) in [6, 6.07) is 9.09. The minimum absolute atomic E-state index is 0. The molecule has 0 spiro atoms. The van der Waals surface area contributed by atoms with Gasteiger partial charge in [0.1, 0.15) is 0 Å². The second-order valence-electron chi connectivity index (χ2n) is 6.81. The van der Waals surface area contributed by atoms with E-state index in [0.29, 0.717) is 6.04 Å². The molecule has 2 aliphatic rings. The van der Waals surface area contributed by atoms with Crippen LogP contribution in [0, 0.1) is 5.92 Å². The van der Waals surface area contributed by atoms with Gasteiger partial charge < -0.3 is 15.5 Å². The highest BCUT2D eigenvalue weighted by Gasteiger charge is 2.23. The maximum absolute atomic E-state index is 6.21. The van der Waals surface area contributed by atoms with E-state index in [9.17, 15) is 0 Å². The summed E-state index contributed by atoms with van der Waals surface area (Å²) >= 11 is 0. The van der Waals surface area contributed by atoms with Crippen molar-refractivity contribution in [2.45, 2.75) is 39.2 Å². The molecule has 0 aliphatic carbocycles. The lowest BCUT2D eigenvalue weighted by Crippen LogP contribution is -2.44. The molecular weight excluding hydrogens is 399 g/mol. The monoisotopic (exact) mass is 428 g/mol. The number of aliphatic imine (C=N–C) groups is 1. The first-order valence-electron chi connectivity index (χ1n) is 8.54. The summed E-state index contributed by atoms with van der Waals surface area (Å²) in [7, 11) is 0. The number of piperidine rings is 1. The first-order valence-corrected chi connectivity index (χ1v) is 8.54. The molecule has 4 nitrogen and oxygen atoms in total. The Bertz CT molecular complexity index is 546. The second-order valence-corrected chi connectivity index (χ2v) is 6.81. The molecule has 23 heavy (non-hydrogen) atoms. The van der Waals surface area contributed by atoms with E-state index in [2.05, 4.69) is 52.9 Å². The standard InChI is InChI=1S/C18H28N4.HI/c1-14-6-5-10-21(13-14)18(19)20-12-15(2)22-11-9-16-7-3-4-8-17(16)22;/h3-4,7-8,14-15H,5-6,9-13H2,1-2H3,(H2,19,20);1H. The van der Waals surface area contributed by atoms with Crippen molar-refractivity contribution < 1.29 is 0 Å². The van der Waals surface area contributed by atoms with Gasteiger partial charge in [-0.2, -0.15) is 0 Å². The number of rotatable bonds is 3. The number of guanidine groups is 1. The second kappa shape index (κ2) is 8.22. The Morgan fingerprint density at radius 1 is 1.35 bits per heavy atom. The van der Waals surface area contributed by atoms with E-state index in [1.54, 1.807) is 0 Å². The van der Waals surface area contributed by atoms with E-state index < -0.39 is 0 Å². The van der Waals surface area contributed by atoms with Crippen molar-refractivity contribution in [2.24, 2.45) is 16.6 Å². The normalized spacial score (nSPS) is 22.5. The van der Waals surface area contributed by atoms with Gasteiger partial charge >= 0.3 is 0 Å². The van der Waals surface area contributed by atoms with Crippen LogP contribution in [0.5, 0.6) is 0 Å². The van der Waals surface area contributed by atoms with Gasteiger partial charge in [0.25, 0.3) is 0 Å². The van der Waals surface area contributed by atoms with Crippen LogP contribution >= 0.6 is 24.0 Å². The minimum atomic E-state index is 0. The predicted molar refractivity (Wildman–Crippen MR) is 109 cm³/mol. The molecule has 1 aromatic rings. The number of fused-ring (bicyclic) bond motifs is 1. The number of nitrogens with two attached hydrogens (primary N) is 1. The Balaban J connectivity index is 0.00000192. The summed E-state index contributed by atoms with van der Waals surface area (Å²) in [6.07, 6.45) is 3.68. The zero-order valence-corrected chi connectivity index (χ0v) is 16.6. The van der Waals surface area contributed by atoms with Gasteiger partial charge in [-0.1, -0.05) is 25.1 Å². The molecule has 128 valence electrons. The molecular formula is C18H29IN4. The third-order valence-corrected chi connectivity index (χ3v) is 4.95. The van der Waals surface area contributed by atoms with E-state index in [0.717, 1.165) is 44.5 Å². The third kappa shape index (κ3) is 4.31. The van der Waals surface area contributed by atoms with E-state index >= 15 is 0 Å². The highest BCUT2D eigenvalue weighted by Crippen LogP contribution is 2.29. The number of likely N-dealkylation sites (tertiary alicyclic amines) is 1. The topological polar surface area (TPSA) is 44.9 Å². The zero-order valence-electron chi connectivity index (χ0n) is 14.2. The summed E-state index contributed by atoms with van der Waals surface area (Å²) < 4.78 is 0. The number of anilines is 1. The largest absolute Gasteiger partial charge is 0.370 e. The highest BCUT2D eigenvalue weighted by atomic mass is 127. The fourth-order valence-corrected chi connectivity index (χ4v) is 3.64. The van der Waals surface area contributed by atoms with Crippen LogP contribution in [0.25, 0.3) is 0 Å². The van der Waals surface area contributed by atoms with Crippen LogP contribution in [0.2, 0.25) is 0 Å². The summed E-state index contributed by atoms with van der Waals surface area (Å²) in [5, 5.41) is 0. The maximum Gasteiger partial charge on any atom is 0.191 e. The van der Waals surface area contributed by atoms with Crippen LogP contribution < -0.4 is 10.6 Å². The summed E-state index contributed by atoms with van der Waals surface area (Å²) in [5.41, 5.74) is 9.04. The van der Waals surface area contributed by atoms with Crippen molar-refractivity contribution in [3.63, 3.8) is 0 Å².